The highest BCUT2D eigenvalue weighted by atomic mass is 16.3. The minimum absolute atomic E-state index is 0.268. The number of nitrogens with zero attached hydrogens (tertiary/aromatic N) is 1. The molecule has 1 atom stereocenters. The first kappa shape index (κ1) is 14.9. The van der Waals surface area contributed by atoms with Crippen molar-refractivity contribution in [1.29, 1.82) is 0 Å². The molecule has 0 saturated carbocycles. The van der Waals surface area contributed by atoms with Crippen LogP contribution >= 0.6 is 0 Å². The van der Waals surface area contributed by atoms with Crippen molar-refractivity contribution in [3.8, 4) is 0 Å². The van der Waals surface area contributed by atoms with Gasteiger partial charge in [0.2, 0.25) is 0 Å². The van der Waals surface area contributed by atoms with Crippen molar-refractivity contribution in [2.24, 2.45) is 5.92 Å². The Hall–Kier alpha value is -0.120. The average molecular weight is 216 g/mol. The first-order valence-corrected chi connectivity index (χ1v) is 6.16. The molecule has 2 N–H and O–H groups in total. The molecule has 0 aliphatic carbocycles. The molecular weight excluding hydrogens is 188 g/mol. The number of nitrogens with one attached hydrogen (secondary N) is 1. The molecule has 0 radical (unpaired) electrons. The lowest BCUT2D eigenvalue weighted by atomic mass is 10.1. The fourth-order valence-corrected chi connectivity index (χ4v) is 1.69. The van der Waals surface area contributed by atoms with E-state index in [1.165, 1.54) is 0 Å². The number of hydrogen-bond donors (Lipinski definition) is 2. The van der Waals surface area contributed by atoms with Crippen LogP contribution in [-0.2, 0) is 0 Å². The summed E-state index contributed by atoms with van der Waals surface area (Å²) in [5.74, 6) is 0.644. The smallest absolute Gasteiger partial charge is 0.0558 e. The summed E-state index contributed by atoms with van der Waals surface area (Å²) in [5, 5.41) is 12.4. The fraction of sp³-hybridized carbons (Fsp3) is 1.00. The van der Waals surface area contributed by atoms with Crippen molar-refractivity contribution in [3.05, 3.63) is 0 Å². The highest BCUT2D eigenvalue weighted by molar-refractivity contribution is 4.65. The van der Waals surface area contributed by atoms with Crippen molar-refractivity contribution in [2.45, 2.75) is 40.2 Å². The van der Waals surface area contributed by atoms with E-state index < -0.39 is 0 Å². The lowest BCUT2D eigenvalue weighted by Gasteiger charge is -2.25. The van der Waals surface area contributed by atoms with Crippen LogP contribution in [0, 0.1) is 5.92 Å². The van der Waals surface area contributed by atoms with Gasteiger partial charge in [-0.05, 0) is 25.4 Å². The quantitative estimate of drug-likeness (QED) is 0.610. The minimum Gasteiger partial charge on any atom is -0.395 e. The van der Waals surface area contributed by atoms with E-state index in [1.807, 2.05) is 0 Å². The van der Waals surface area contributed by atoms with Crippen LogP contribution in [-0.4, -0.2) is 48.8 Å². The highest BCUT2D eigenvalue weighted by Crippen LogP contribution is 2.00. The van der Waals surface area contributed by atoms with Gasteiger partial charge in [-0.3, -0.25) is 0 Å². The van der Waals surface area contributed by atoms with Gasteiger partial charge in [0.05, 0.1) is 6.61 Å². The molecule has 3 heteroatoms. The van der Waals surface area contributed by atoms with Crippen molar-refractivity contribution < 1.29 is 5.11 Å². The van der Waals surface area contributed by atoms with E-state index in [9.17, 15) is 0 Å². The first-order valence-electron chi connectivity index (χ1n) is 6.16. The van der Waals surface area contributed by atoms with E-state index in [2.05, 4.69) is 37.9 Å². The summed E-state index contributed by atoms with van der Waals surface area (Å²) in [6.45, 7) is 13.1. The SMILES string of the molecule is CCCN(CCO)CC(C)CNC(C)C. The Morgan fingerprint density at radius 3 is 2.33 bits per heavy atom. The molecule has 0 bridgehead atoms. The van der Waals surface area contributed by atoms with Gasteiger partial charge in [0, 0.05) is 19.1 Å². The maximum absolute atomic E-state index is 8.94. The molecule has 0 aromatic rings. The fourth-order valence-electron chi connectivity index (χ4n) is 1.69. The summed E-state index contributed by atoms with van der Waals surface area (Å²) < 4.78 is 0. The van der Waals surface area contributed by atoms with Gasteiger partial charge in [-0.2, -0.15) is 0 Å². The zero-order valence-electron chi connectivity index (χ0n) is 10.8. The van der Waals surface area contributed by atoms with Crippen LogP contribution in [0.4, 0.5) is 0 Å². The second kappa shape index (κ2) is 9.13. The van der Waals surface area contributed by atoms with Gasteiger partial charge >= 0.3 is 0 Å². The number of rotatable bonds is 9. The van der Waals surface area contributed by atoms with Crippen LogP contribution in [0.25, 0.3) is 0 Å². The Morgan fingerprint density at radius 2 is 1.87 bits per heavy atom. The molecule has 0 amide bonds. The largest absolute Gasteiger partial charge is 0.395 e. The van der Waals surface area contributed by atoms with E-state index in [-0.39, 0.29) is 6.61 Å². The van der Waals surface area contributed by atoms with E-state index in [0.29, 0.717) is 12.0 Å². The summed E-state index contributed by atoms with van der Waals surface area (Å²) in [6, 6.07) is 0.560. The standard InChI is InChI=1S/C12H28N2O/c1-5-6-14(7-8-15)10-12(4)9-13-11(2)3/h11-13,15H,5-10H2,1-4H3. The van der Waals surface area contributed by atoms with Gasteiger partial charge < -0.3 is 15.3 Å². The summed E-state index contributed by atoms with van der Waals surface area (Å²) in [6.07, 6.45) is 1.16. The molecule has 15 heavy (non-hydrogen) atoms. The molecule has 0 aliphatic rings. The van der Waals surface area contributed by atoms with Crippen LogP contribution < -0.4 is 5.32 Å². The highest BCUT2D eigenvalue weighted by Gasteiger charge is 2.09. The number of aliphatic hydroxyl groups is 1. The monoisotopic (exact) mass is 216 g/mol. The van der Waals surface area contributed by atoms with Gasteiger partial charge in [-0.1, -0.05) is 27.7 Å². The second-order valence-electron chi connectivity index (χ2n) is 4.69. The number of aliphatic hydroxyl groups excluding tert-OH is 1. The predicted octanol–water partition coefficient (Wildman–Crippen LogP) is 1.32. The molecule has 0 aromatic carbocycles. The van der Waals surface area contributed by atoms with Crippen molar-refractivity contribution in [3.63, 3.8) is 0 Å². The molecule has 0 aromatic heterocycles. The Balaban J connectivity index is 3.72. The maximum atomic E-state index is 8.94. The van der Waals surface area contributed by atoms with Gasteiger partial charge in [-0.15, -0.1) is 0 Å². The van der Waals surface area contributed by atoms with Crippen LogP contribution in [0.2, 0.25) is 0 Å². The molecular formula is C12H28N2O. The van der Waals surface area contributed by atoms with Gasteiger partial charge in [0.1, 0.15) is 0 Å². The lowest BCUT2D eigenvalue weighted by Crippen LogP contribution is -2.37. The maximum Gasteiger partial charge on any atom is 0.0558 e. The van der Waals surface area contributed by atoms with Crippen molar-refractivity contribution in [2.75, 3.05) is 32.8 Å². The second-order valence-corrected chi connectivity index (χ2v) is 4.69. The Kier molecular flexibility index (Phi) is 9.06. The summed E-state index contributed by atoms with van der Waals surface area (Å²) in [4.78, 5) is 2.34. The molecule has 0 rings (SSSR count). The molecule has 3 nitrogen and oxygen atoms in total. The average Bonchev–Trinajstić information content (AvgIpc) is 2.15. The van der Waals surface area contributed by atoms with Gasteiger partial charge in [0.25, 0.3) is 0 Å². The lowest BCUT2D eigenvalue weighted by molar-refractivity contribution is 0.177. The molecule has 1 unspecified atom stereocenters. The third-order valence-corrected chi connectivity index (χ3v) is 2.40. The first-order chi connectivity index (χ1) is 7.10. The summed E-state index contributed by atoms with van der Waals surface area (Å²) in [7, 11) is 0. The Bertz CT molecular complexity index is 134. The topological polar surface area (TPSA) is 35.5 Å². The van der Waals surface area contributed by atoms with Crippen LogP contribution in [0.5, 0.6) is 0 Å². The molecule has 92 valence electrons. The normalized spacial score (nSPS) is 13.8. The van der Waals surface area contributed by atoms with Gasteiger partial charge in [0.15, 0.2) is 0 Å². The third kappa shape index (κ3) is 8.85. The van der Waals surface area contributed by atoms with E-state index in [0.717, 1.165) is 32.6 Å². The molecule has 0 heterocycles. The number of hydrogen-bond acceptors (Lipinski definition) is 3. The third-order valence-electron chi connectivity index (χ3n) is 2.40. The molecule has 0 saturated heterocycles. The summed E-state index contributed by atoms with van der Waals surface area (Å²) >= 11 is 0. The van der Waals surface area contributed by atoms with Crippen molar-refractivity contribution in [1.82, 2.24) is 10.2 Å². The zero-order chi connectivity index (χ0) is 11.7. The predicted molar refractivity (Wildman–Crippen MR) is 66.1 cm³/mol. The van der Waals surface area contributed by atoms with Crippen molar-refractivity contribution >= 4 is 0 Å². The molecule has 0 fully saturated rings. The van der Waals surface area contributed by atoms with E-state index in [4.69, 9.17) is 5.11 Å². The Labute approximate surface area is 94.9 Å². The van der Waals surface area contributed by atoms with Crippen LogP contribution in [0.15, 0.2) is 0 Å². The van der Waals surface area contributed by atoms with E-state index >= 15 is 0 Å². The molecule has 0 aliphatic heterocycles. The molecule has 0 spiro atoms. The van der Waals surface area contributed by atoms with Crippen LogP contribution in [0.1, 0.15) is 34.1 Å². The Morgan fingerprint density at radius 1 is 1.20 bits per heavy atom. The minimum atomic E-state index is 0.268. The van der Waals surface area contributed by atoms with E-state index in [1.54, 1.807) is 0 Å². The zero-order valence-corrected chi connectivity index (χ0v) is 10.8. The summed E-state index contributed by atoms with van der Waals surface area (Å²) in [5.41, 5.74) is 0. The van der Waals surface area contributed by atoms with Gasteiger partial charge in [-0.25, -0.2) is 0 Å². The van der Waals surface area contributed by atoms with Crippen LogP contribution in [0.3, 0.4) is 0 Å².